The first-order chi connectivity index (χ1) is 14.5. The summed E-state index contributed by atoms with van der Waals surface area (Å²) in [6, 6.07) is 13.2. The van der Waals surface area contributed by atoms with Gasteiger partial charge in [-0.3, -0.25) is 9.59 Å². The van der Waals surface area contributed by atoms with E-state index in [1.54, 1.807) is 18.2 Å². The molecule has 0 saturated heterocycles. The largest absolute Gasteiger partial charge is 0.494 e. The molecule has 8 heteroatoms. The van der Waals surface area contributed by atoms with Gasteiger partial charge in [-0.25, -0.2) is 4.39 Å². The molecule has 0 unspecified atom stereocenters. The molecule has 0 bridgehead atoms. The van der Waals surface area contributed by atoms with Crippen LogP contribution in [-0.2, 0) is 6.42 Å². The van der Waals surface area contributed by atoms with E-state index in [4.69, 9.17) is 4.74 Å². The van der Waals surface area contributed by atoms with Crippen LogP contribution in [-0.4, -0.2) is 21.2 Å². The summed E-state index contributed by atoms with van der Waals surface area (Å²) in [6.07, 6.45) is 2.81. The van der Waals surface area contributed by atoms with Gasteiger partial charge >= 0.3 is 0 Å². The standard InChI is InChI=1S/C22H18FN3O3S/c1-2-11-29-17-9-5-14(6-10-17)12-18-20(27)24-22-26(25-18)21(28)19(30-22)13-15-3-7-16(23)8-4-15/h3-10,13H,2,11-12H2,1H3/b19-13+. The molecule has 6 nitrogen and oxygen atoms in total. The smallest absolute Gasteiger partial charge is 0.296 e. The molecule has 0 N–H and O–H groups in total. The molecule has 2 aromatic carbocycles. The molecule has 4 aromatic rings. The van der Waals surface area contributed by atoms with Crippen LogP contribution in [0.25, 0.3) is 11.0 Å². The maximum Gasteiger partial charge on any atom is 0.296 e. The van der Waals surface area contributed by atoms with E-state index in [9.17, 15) is 14.0 Å². The average Bonchev–Trinajstić information content (AvgIpc) is 3.04. The van der Waals surface area contributed by atoms with Crippen molar-refractivity contribution in [2.45, 2.75) is 19.8 Å². The van der Waals surface area contributed by atoms with Gasteiger partial charge in [0.1, 0.15) is 17.3 Å². The van der Waals surface area contributed by atoms with Crippen LogP contribution in [0.4, 0.5) is 4.39 Å². The lowest BCUT2D eigenvalue weighted by Gasteiger charge is -2.05. The van der Waals surface area contributed by atoms with E-state index in [1.807, 2.05) is 31.2 Å². The second-order valence-corrected chi connectivity index (χ2v) is 7.70. The molecule has 0 spiro atoms. The Hall–Kier alpha value is -3.39. The Morgan fingerprint density at radius 3 is 2.53 bits per heavy atom. The molecule has 0 aliphatic rings. The van der Waals surface area contributed by atoms with Crippen LogP contribution in [0.2, 0.25) is 0 Å². The number of benzene rings is 2. The minimum atomic E-state index is -0.462. The predicted molar refractivity (Wildman–Crippen MR) is 114 cm³/mol. The van der Waals surface area contributed by atoms with Gasteiger partial charge in [0.25, 0.3) is 11.1 Å². The highest BCUT2D eigenvalue weighted by molar-refractivity contribution is 7.15. The van der Waals surface area contributed by atoms with Crippen molar-refractivity contribution in [3.8, 4) is 5.75 Å². The maximum absolute atomic E-state index is 13.1. The van der Waals surface area contributed by atoms with E-state index < -0.39 is 5.56 Å². The fourth-order valence-corrected chi connectivity index (χ4v) is 3.78. The van der Waals surface area contributed by atoms with E-state index in [2.05, 4.69) is 10.1 Å². The summed E-state index contributed by atoms with van der Waals surface area (Å²) in [5, 5.41) is 4.25. The van der Waals surface area contributed by atoms with Crippen LogP contribution in [0.1, 0.15) is 30.2 Å². The fourth-order valence-electron chi connectivity index (χ4n) is 2.88. The Balaban J connectivity index is 1.66. The zero-order chi connectivity index (χ0) is 21.1. The lowest BCUT2D eigenvalue weighted by molar-refractivity contribution is 0.317. The number of rotatable bonds is 6. The minimum Gasteiger partial charge on any atom is -0.494 e. The van der Waals surface area contributed by atoms with Crippen molar-refractivity contribution in [2.75, 3.05) is 6.61 Å². The molecule has 0 amide bonds. The van der Waals surface area contributed by atoms with E-state index in [0.717, 1.165) is 33.6 Å². The Morgan fingerprint density at radius 2 is 1.83 bits per heavy atom. The Kier molecular flexibility index (Phi) is 5.67. The average molecular weight is 423 g/mol. The highest BCUT2D eigenvalue weighted by Gasteiger charge is 2.12. The normalized spacial score (nSPS) is 11.9. The first kappa shape index (κ1) is 19.9. The van der Waals surface area contributed by atoms with Crippen molar-refractivity contribution < 1.29 is 9.13 Å². The number of nitrogens with zero attached hydrogens (tertiary/aromatic N) is 3. The molecule has 4 rings (SSSR count). The Labute approximate surface area is 174 Å². The summed E-state index contributed by atoms with van der Waals surface area (Å²) >= 11 is 1.07. The van der Waals surface area contributed by atoms with Crippen molar-refractivity contribution >= 4 is 22.4 Å². The van der Waals surface area contributed by atoms with E-state index in [0.29, 0.717) is 16.7 Å². The molecule has 2 heterocycles. The summed E-state index contributed by atoms with van der Waals surface area (Å²) in [7, 11) is 0. The second-order valence-electron chi connectivity index (χ2n) is 6.69. The molecule has 0 aliphatic heterocycles. The minimum absolute atomic E-state index is 0.193. The van der Waals surface area contributed by atoms with Crippen LogP contribution < -0.4 is 20.4 Å². The number of hydrogen-bond donors (Lipinski definition) is 0. The van der Waals surface area contributed by atoms with Crippen LogP contribution in [0.3, 0.4) is 0 Å². The van der Waals surface area contributed by atoms with E-state index in [1.165, 1.54) is 12.1 Å². The first-order valence-corrected chi connectivity index (χ1v) is 10.3. The number of fused-ring (bicyclic) bond motifs is 1. The molecule has 152 valence electrons. The molecule has 0 atom stereocenters. The zero-order valence-electron chi connectivity index (χ0n) is 16.2. The molecule has 30 heavy (non-hydrogen) atoms. The van der Waals surface area contributed by atoms with Gasteiger partial charge < -0.3 is 4.74 Å². The Morgan fingerprint density at radius 1 is 1.10 bits per heavy atom. The first-order valence-electron chi connectivity index (χ1n) is 9.45. The summed E-state index contributed by atoms with van der Waals surface area (Å²) in [4.78, 5) is 29.4. The molecule has 0 saturated carbocycles. The molecule has 0 radical (unpaired) electrons. The molecule has 0 aliphatic carbocycles. The van der Waals surface area contributed by atoms with Gasteiger partial charge in [0.15, 0.2) is 0 Å². The monoisotopic (exact) mass is 423 g/mol. The van der Waals surface area contributed by atoms with E-state index in [-0.39, 0.29) is 28.5 Å². The van der Waals surface area contributed by atoms with Gasteiger partial charge in [-0.05, 0) is 47.9 Å². The number of hydrogen-bond acceptors (Lipinski definition) is 6. The number of aromatic nitrogens is 3. The van der Waals surface area contributed by atoms with Gasteiger partial charge in [-0.2, -0.15) is 14.6 Å². The lowest BCUT2D eigenvalue weighted by atomic mass is 10.1. The lowest BCUT2D eigenvalue weighted by Crippen LogP contribution is -2.28. The third-order valence-corrected chi connectivity index (χ3v) is 5.35. The predicted octanol–water partition coefficient (Wildman–Crippen LogP) is 2.58. The maximum atomic E-state index is 13.1. The van der Waals surface area contributed by atoms with Crippen molar-refractivity contribution in [3.63, 3.8) is 0 Å². The fraction of sp³-hybridized carbons (Fsp3) is 0.182. The van der Waals surface area contributed by atoms with Crippen molar-refractivity contribution in [1.29, 1.82) is 0 Å². The summed E-state index contributed by atoms with van der Waals surface area (Å²) in [5.74, 6) is 0.411. The molecule has 0 fully saturated rings. The van der Waals surface area contributed by atoms with Crippen LogP contribution in [0.15, 0.2) is 58.1 Å². The highest BCUT2D eigenvalue weighted by Crippen LogP contribution is 2.14. The molecular formula is C22H18FN3O3S. The third kappa shape index (κ3) is 4.28. The zero-order valence-corrected chi connectivity index (χ0v) is 17.0. The Bertz CT molecular complexity index is 1350. The molecular weight excluding hydrogens is 405 g/mol. The van der Waals surface area contributed by atoms with E-state index >= 15 is 0 Å². The number of halogens is 1. The second kappa shape index (κ2) is 8.54. The summed E-state index contributed by atoms with van der Waals surface area (Å²) < 4.78 is 20.2. The van der Waals surface area contributed by atoms with Gasteiger partial charge in [-0.1, -0.05) is 42.5 Å². The van der Waals surface area contributed by atoms with Crippen LogP contribution in [0, 0.1) is 5.82 Å². The van der Waals surface area contributed by atoms with Crippen LogP contribution in [0.5, 0.6) is 5.75 Å². The van der Waals surface area contributed by atoms with Gasteiger partial charge in [0.2, 0.25) is 4.96 Å². The van der Waals surface area contributed by atoms with Crippen LogP contribution >= 0.6 is 11.3 Å². The summed E-state index contributed by atoms with van der Waals surface area (Å²) in [5.41, 5.74) is 0.907. The van der Waals surface area contributed by atoms with Gasteiger partial charge in [-0.15, -0.1) is 0 Å². The quantitative estimate of drug-likeness (QED) is 0.477. The SMILES string of the molecule is CCCOc1ccc(Cc2nn3c(=O)/c(=C\c4ccc(F)cc4)sc3nc2=O)cc1. The van der Waals surface area contributed by atoms with Gasteiger partial charge in [0, 0.05) is 6.42 Å². The topological polar surface area (TPSA) is 73.6 Å². The number of thiazole rings is 1. The molecule has 2 aromatic heterocycles. The highest BCUT2D eigenvalue weighted by atomic mass is 32.1. The third-order valence-electron chi connectivity index (χ3n) is 4.39. The van der Waals surface area contributed by atoms with Crippen molar-refractivity contribution in [3.05, 3.63) is 96.4 Å². The van der Waals surface area contributed by atoms with Crippen molar-refractivity contribution in [2.24, 2.45) is 0 Å². The number of ether oxygens (including phenoxy) is 1. The van der Waals surface area contributed by atoms with Crippen molar-refractivity contribution in [1.82, 2.24) is 14.6 Å². The summed E-state index contributed by atoms with van der Waals surface area (Å²) in [6.45, 7) is 2.68. The van der Waals surface area contributed by atoms with Gasteiger partial charge in [0.05, 0.1) is 11.1 Å².